The fourth-order valence-electron chi connectivity index (χ4n) is 3.57. The van der Waals surface area contributed by atoms with Crippen LogP contribution in [0.4, 0.5) is 0 Å². The minimum atomic E-state index is -0.515. The number of para-hydroxylation sites is 1. The molecule has 8 nitrogen and oxygen atoms in total. The number of imide groups is 1. The molecule has 8 heteroatoms. The molecule has 3 aromatic carbocycles. The Hall–Kier alpha value is -4.46. The monoisotopic (exact) mass is 457 g/mol. The summed E-state index contributed by atoms with van der Waals surface area (Å²) in [4.78, 5) is 49.2. The van der Waals surface area contributed by atoms with Crippen LogP contribution in [0.5, 0.6) is 5.75 Å². The van der Waals surface area contributed by atoms with Crippen LogP contribution in [0, 0.1) is 0 Å². The lowest BCUT2D eigenvalue weighted by molar-refractivity contribution is -0.139. The van der Waals surface area contributed by atoms with Gasteiger partial charge in [0.25, 0.3) is 11.8 Å². The maximum atomic E-state index is 12.3. The van der Waals surface area contributed by atoms with Gasteiger partial charge in [0.1, 0.15) is 5.75 Å². The Balaban J connectivity index is 1.27. The molecule has 0 aromatic heterocycles. The van der Waals surface area contributed by atoms with E-state index in [2.05, 4.69) is 10.9 Å². The zero-order chi connectivity index (χ0) is 23.9. The summed E-state index contributed by atoms with van der Waals surface area (Å²) in [5.41, 5.74) is 7.56. The molecule has 1 aliphatic heterocycles. The number of rotatable bonds is 7. The van der Waals surface area contributed by atoms with E-state index in [1.165, 1.54) is 4.90 Å². The second kappa shape index (κ2) is 10.4. The van der Waals surface area contributed by atoms with Crippen molar-refractivity contribution in [3.63, 3.8) is 0 Å². The second-order valence-electron chi connectivity index (χ2n) is 7.72. The first-order valence-corrected chi connectivity index (χ1v) is 10.8. The van der Waals surface area contributed by atoms with Crippen molar-refractivity contribution < 1.29 is 23.9 Å². The van der Waals surface area contributed by atoms with Crippen LogP contribution in [-0.4, -0.2) is 35.1 Å². The highest BCUT2D eigenvalue weighted by Crippen LogP contribution is 2.29. The van der Waals surface area contributed by atoms with Gasteiger partial charge >= 0.3 is 0 Å². The maximum Gasteiger partial charge on any atom is 0.276 e. The van der Waals surface area contributed by atoms with Crippen LogP contribution in [0.15, 0.2) is 78.9 Å². The van der Waals surface area contributed by atoms with E-state index in [-0.39, 0.29) is 37.8 Å². The summed E-state index contributed by atoms with van der Waals surface area (Å²) >= 11 is 0. The number of hydrogen-bond acceptors (Lipinski definition) is 5. The number of benzene rings is 3. The number of hydrazine groups is 1. The van der Waals surface area contributed by atoms with Gasteiger partial charge in [-0.3, -0.25) is 34.9 Å². The lowest BCUT2D eigenvalue weighted by atomic mass is 10.1. The van der Waals surface area contributed by atoms with Crippen LogP contribution in [0.25, 0.3) is 11.1 Å². The highest BCUT2D eigenvalue weighted by atomic mass is 16.5. The number of amides is 4. The van der Waals surface area contributed by atoms with Crippen LogP contribution in [0.3, 0.4) is 0 Å². The van der Waals surface area contributed by atoms with Gasteiger partial charge in [-0.2, -0.15) is 0 Å². The van der Waals surface area contributed by atoms with E-state index in [9.17, 15) is 19.2 Å². The Morgan fingerprint density at radius 3 is 2.15 bits per heavy atom. The molecule has 172 valence electrons. The number of likely N-dealkylation sites (tertiary alicyclic amines) is 1. The smallest absolute Gasteiger partial charge is 0.276 e. The Morgan fingerprint density at radius 2 is 1.44 bits per heavy atom. The van der Waals surface area contributed by atoms with Crippen molar-refractivity contribution in [1.82, 2.24) is 15.8 Å². The molecule has 0 radical (unpaired) electrons. The molecule has 4 amide bonds. The van der Waals surface area contributed by atoms with Gasteiger partial charge in [0.05, 0.1) is 6.54 Å². The average molecular weight is 457 g/mol. The van der Waals surface area contributed by atoms with E-state index in [0.717, 1.165) is 16.7 Å². The first kappa shape index (κ1) is 22.7. The van der Waals surface area contributed by atoms with E-state index in [1.807, 2.05) is 48.5 Å². The quantitative estimate of drug-likeness (QED) is 0.419. The van der Waals surface area contributed by atoms with Crippen molar-refractivity contribution in [2.75, 3.05) is 6.61 Å². The van der Waals surface area contributed by atoms with E-state index >= 15 is 0 Å². The first-order chi connectivity index (χ1) is 16.5. The third-order valence-electron chi connectivity index (χ3n) is 5.36. The van der Waals surface area contributed by atoms with Gasteiger partial charge in [0.15, 0.2) is 6.61 Å². The van der Waals surface area contributed by atoms with Gasteiger partial charge in [-0.25, -0.2) is 0 Å². The van der Waals surface area contributed by atoms with Crippen LogP contribution < -0.4 is 15.6 Å². The zero-order valence-corrected chi connectivity index (χ0v) is 18.3. The number of ether oxygens (including phenoxy) is 1. The highest BCUT2D eigenvalue weighted by molar-refractivity contribution is 6.01. The fourth-order valence-corrected chi connectivity index (χ4v) is 3.57. The highest BCUT2D eigenvalue weighted by Gasteiger charge is 2.28. The summed E-state index contributed by atoms with van der Waals surface area (Å²) < 4.78 is 5.66. The molecular weight excluding hydrogens is 434 g/mol. The third-order valence-corrected chi connectivity index (χ3v) is 5.36. The van der Waals surface area contributed by atoms with Crippen LogP contribution in [-0.2, 0) is 20.9 Å². The van der Waals surface area contributed by atoms with Gasteiger partial charge in [-0.05, 0) is 29.3 Å². The molecular formula is C26H23N3O5. The number of nitrogens with one attached hydrogen (secondary N) is 2. The molecule has 1 aliphatic rings. The minimum absolute atomic E-state index is 0.179. The second-order valence-corrected chi connectivity index (χ2v) is 7.72. The van der Waals surface area contributed by atoms with Gasteiger partial charge in [0, 0.05) is 24.0 Å². The standard InChI is InChI=1S/C26H23N3O5/c30-23(17-34-22-9-5-4-8-21(22)19-6-2-1-3-7-19)27-28-26(33)20-12-10-18(11-13-20)16-29-24(31)14-15-25(29)32/h1-13H,14-17H2,(H,27,30)(H,28,33). The van der Waals surface area contributed by atoms with E-state index in [0.29, 0.717) is 11.3 Å². The van der Waals surface area contributed by atoms with Gasteiger partial charge in [0.2, 0.25) is 11.8 Å². The summed E-state index contributed by atoms with van der Waals surface area (Å²) in [7, 11) is 0. The summed E-state index contributed by atoms with van der Waals surface area (Å²) in [5, 5.41) is 0. The summed E-state index contributed by atoms with van der Waals surface area (Å²) in [5.74, 6) is -0.844. The van der Waals surface area contributed by atoms with Crippen molar-refractivity contribution >= 4 is 23.6 Å². The lowest BCUT2D eigenvalue weighted by Gasteiger charge is -2.14. The number of carbonyl (C=O) groups excluding carboxylic acids is 4. The molecule has 0 aliphatic carbocycles. The van der Waals surface area contributed by atoms with Gasteiger partial charge in [-0.1, -0.05) is 60.7 Å². The largest absolute Gasteiger partial charge is 0.483 e. The number of carbonyl (C=O) groups is 4. The summed E-state index contributed by atoms with van der Waals surface area (Å²) in [6.07, 6.45) is 0.473. The molecule has 0 bridgehead atoms. The Labute approximate surface area is 196 Å². The lowest BCUT2D eigenvalue weighted by Crippen LogP contribution is -2.43. The van der Waals surface area contributed by atoms with Crippen LogP contribution >= 0.6 is 0 Å². The molecule has 0 unspecified atom stereocenters. The van der Waals surface area contributed by atoms with Crippen molar-refractivity contribution in [2.45, 2.75) is 19.4 Å². The normalized spacial score (nSPS) is 13.0. The summed E-state index contributed by atoms with van der Waals surface area (Å²) in [6.45, 7) is -0.0982. The molecule has 1 heterocycles. The molecule has 0 spiro atoms. The molecule has 0 atom stereocenters. The zero-order valence-electron chi connectivity index (χ0n) is 18.3. The van der Waals surface area contributed by atoms with E-state index in [4.69, 9.17) is 4.74 Å². The Morgan fingerprint density at radius 1 is 0.794 bits per heavy atom. The Bertz CT molecular complexity index is 1190. The van der Waals surface area contributed by atoms with Crippen molar-refractivity contribution in [3.8, 4) is 16.9 Å². The average Bonchev–Trinajstić information content (AvgIpc) is 3.19. The van der Waals surface area contributed by atoms with Crippen molar-refractivity contribution in [1.29, 1.82) is 0 Å². The van der Waals surface area contributed by atoms with Crippen LogP contribution in [0.1, 0.15) is 28.8 Å². The number of hydrogen-bond donors (Lipinski definition) is 2. The SMILES string of the molecule is O=C(COc1ccccc1-c1ccccc1)NNC(=O)c1ccc(CN2C(=O)CCC2=O)cc1. The third kappa shape index (κ3) is 5.47. The van der Waals surface area contributed by atoms with E-state index in [1.54, 1.807) is 30.3 Å². The molecule has 3 aromatic rings. The van der Waals surface area contributed by atoms with Crippen LogP contribution in [0.2, 0.25) is 0 Å². The van der Waals surface area contributed by atoms with E-state index < -0.39 is 11.8 Å². The topological polar surface area (TPSA) is 105 Å². The predicted octanol–water partition coefficient (Wildman–Crippen LogP) is 2.84. The molecule has 2 N–H and O–H groups in total. The minimum Gasteiger partial charge on any atom is -0.483 e. The number of nitrogens with zero attached hydrogens (tertiary/aromatic N) is 1. The molecule has 34 heavy (non-hydrogen) atoms. The molecule has 1 fully saturated rings. The Kier molecular flexibility index (Phi) is 6.98. The van der Waals surface area contributed by atoms with Gasteiger partial charge in [-0.15, -0.1) is 0 Å². The fraction of sp³-hybridized carbons (Fsp3) is 0.154. The molecule has 0 saturated carbocycles. The molecule has 1 saturated heterocycles. The van der Waals surface area contributed by atoms with Crippen molar-refractivity contribution in [2.24, 2.45) is 0 Å². The summed E-state index contributed by atoms with van der Waals surface area (Å²) in [6, 6.07) is 23.5. The molecule has 4 rings (SSSR count). The predicted molar refractivity (Wildman–Crippen MR) is 124 cm³/mol. The maximum absolute atomic E-state index is 12.3. The van der Waals surface area contributed by atoms with Crippen molar-refractivity contribution in [3.05, 3.63) is 90.0 Å². The first-order valence-electron chi connectivity index (χ1n) is 10.8. The van der Waals surface area contributed by atoms with Gasteiger partial charge < -0.3 is 4.74 Å².